The second-order valence-corrected chi connectivity index (χ2v) is 12.8. The highest BCUT2D eigenvalue weighted by molar-refractivity contribution is 5.57. The number of nitrogens with zero attached hydrogens (tertiary/aromatic N) is 2. The fourth-order valence-corrected chi connectivity index (χ4v) is 5.04. The Kier molecular flexibility index (Phi) is 12.3. The number of benzene rings is 1. The number of aliphatic imine (C=N–C) groups is 1. The van der Waals surface area contributed by atoms with E-state index in [1.54, 1.807) is 13.8 Å². The van der Waals surface area contributed by atoms with Crippen molar-refractivity contribution in [2.75, 3.05) is 0 Å². The SMILES string of the molecule is C/C=N\C1(N(C=O)C(CCC(C)(C)C)c2ccc(C)cc2)CCC(C(C)(C)C)CC1.CC(C)OC=O. The molecule has 36 heavy (non-hydrogen) atoms. The molecule has 1 amide bonds. The lowest BCUT2D eigenvalue weighted by Gasteiger charge is -2.49. The van der Waals surface area contributed by atoms with Gasteiger partial charge in [-0.2, -0.15) is 0 Å². The molecule has 1 aromatic carbocycles. The van der Waals surface area contributed by atoms with Crippen molar-refractivity contribution < 1.29 is 14.3 Å². The van der Waals surface area contributed by atoms with Crippen LogP contribution in [0, 0.1) is 23.7 Å². The predicted molar refractivity (Wildman–Crippen MR) is 151 cm³/mol. The molecule has 1 saturated carbocycles. The average molecular weight is 501 g/mol. The van der Waals surface area contributed by atoms with E-state index in [0.29, 0.717) is 17.8 Å². The number of hydrogen-bond acceptors (Lipinski definition) is 4. The van der Waals surface area contributed by atoms with Gasteiger partial charge in [0, 0.05) is 0 Å². The first-order chi connectivity index (χ1) is 16.7. The number of ether oxygens (including phenoxy) is 1. The summed E-state index contributed by atoms with van der Waals surface area (Å²) < 4.78 is 4.36. The van der Waals surface area contributed by atoms with Gasteiger partial charge in [0.2, 0.25) is 6.41 Å². The maximum Gasteiger partial charge on any atom is 0.293 e. The van der Waals surface area contributed by atoms with Gasteiger partial charge in [-0.1, -0.05) is 71.4 Å². The Morgan fingerprint density at radius 2 is 1.61 bits per heavy atom. The molecule has 0 aliphatic heterocycles. The number of rotatable bonds is 9. The van der Waals surface area contributed by atoms with Crippen LogP contribution in [0.5, 0.6) is 0 Å². The third-order valence-electron chi connectivity index (χ3n) is 7.27. The third kappa shape index (κ3) is 10.1. The largest absolute Gasteiger partial charge is 0.465 e. The van der Waals surface area contributed by atoms with E-state index in [1.807, 2.05) is 13.1 Å². The van der Waals surface area contributed by atoms with Crippen LogP contribution in [0.25, 0.3) is 0 Å². The van der Waals surface area contributed by atoms with Crippen molar-refractivity contribution >= 4 is 19.1 Å². The van der Waals surface area contributed by atoms with Crippen molar-refractivity contribution in [3.63, 3.8) is 0 Å². The van der Waals surface area contributed by atoms with Crippen LogP contribution < -0.4 is 0 Å². The Labute approximate surface area is 221 Å². The van der Waals surface area contributed by atoms with E-state index in [1.165, 1.54) is 11.1 Å². The Morgan fingerprint density at radius 1 is 1.06 bits per heavy atom. The van der Waals surface area contributed by atoms with Crippen LogP contribution in [0.15, 0.2) is 29.3 Å². The van der Waals surface area contributed by atoms with E-state index < -0.39 is 5.66 Å². The fourth-order valence-electron chi connectivity index (χ4n) is 5.04. The molecule has 204 valence electrons. The van der Waals surface area contributed by atoms with Crippen LogP contribution in [-0.2, 0) is 14.3 Å². The van der Waals surface area contributed by atoms with Crippen LogP contribution in [0.3, 0.4) is 0 Å². The minimum absolute atomic E-state index is 0.0301. The molecule has 1 aliphatic carbocycles. The summed E-state index contributed by atoms with van der Waals surface area (Å²) >= 11 is 0. The van der Waals surface area contributed by atoms with Crippen molar-refractivity contribution in [2.45, 2.75) is 126 Å². The van der Waals surface area contributed by atoms with E-state index in [4.69, 9.17) is 4.99 Å². The van der Waals surface area contributed by atoms with Crippen LogP contribution in [0.1, 0.15) is 118 Å². The van der Waals surface area contributed by atoms with Gasteiger partial charge in [-0.15, -0.1) is 0 Å². The molecule has 2 rings (SSSR count). The van der Waals surface area contributed by atoms with Gasteiger partial charge < -0.3 is 9.64 Å². The summed E-state index contributed by atoms with van der Waals surface area (Å²) in [5, 5.41) is 0. The van der Waals surface area contributed by atoms with Gasteiger partial charge in [0.1, 0.15) is 5.66 Å². The van der Waals surface area contributed by atoms with Gasteiger partial charge in [0.05, 0.1) is 12.1 Å². The van der Waals surface area contributed by atoms with E-state index in [2.05, 4.69) is 82.4 Å². The summed E-state index contributed by atoms with van der Waals surface area (Å²) in [5.41, 5.74) is 2.57. The molecule has 0 radical (unpaired) electrons. The summed E-state index contributed by atoms with van der Waals surface area (Å²) in [6.45, 7) is 22.0. The highest BCUT2D eigenvalue weighted by Crippen LogP contribution is 2.47. The topological polar surface area (TPSA) is 59.0 Å². The molecular formula is C31H52N2O3. The molecule has 5 heteroatoms. The minimum atomic E-state index is -0.425. The average Bonchev–Trinajstić information content (AvgIpc) is 2.77. The van der Waals surface area contributed by atoms with E-state index in [0.717, 1.165) is 44.9 Å². The Morgan fingerprint density at radius 3 is 1.97 bits per heavy atom. The van der Waals surface area contributed by atoms with E-state index in [-0.39, 0.29) is 17.6 Å². The zero-order valence-corrected chi connectivity index (χ0v) is 24.6. The van der Waals surface area contributed by atoms with Crippen molar-refractivity contribution in [1.82, 2.24) is 4.90 Å². The summed E-state index contributed by atoms with van der Waals surface area (Å²) in [6, 6.07) is 8.77. The van der Waals surface area contributed by atoms with Crippen LogP contribution in [0.4, 0.5) is 0 Å². The molecule has 5 nitrogen and oxygen atoms in total. The molecular weight excluding hydrogens is 448 g/mol. The number of amides is 1. The molecule has 0 heterocycles. The molecule has 1 atom stereocenters. The first kappa shape index (κ1) is 31.9. The van der Waals surface area contributed by atoms with Crippen LogP contribution in [-0.4, -0.2) is 35.8 Å². The van der Waals surface area contributed by atoms with Gasteiger partial charge in [-0.3, -0.25) is 14.6 Å². The molecule has 0 bridgehead atoms. The fraction of sp³-hybridized carbons (Fsp3) is 0.710. The quantitative estimate of drug-likeness (QED) is 0.256. The first-order valence-electron chi connectivity index (χ1n) is 13.6. The van der Waals surface area contributed by atoms with Gasteiger partial charge >= 0.3 is 0 Å². The number of aryl methyl sites for hydroxylation is 1. The van der Waals surface area contributed by atoms with E-state index >= 15 is 0 Å². The predicted octanol–water partition coefficient (Wildman–Crippen LogP) is 7.91. The summed E-state index contributed by atoms with van der Waals surface area (Å²) in [7, 11) is 0. The lowest BCUT2D eigenvalue weighted by atomic mass is 9.69. The highest BCUT2D eigenvalue weighted by atomic mass is 16.5. The smallest absolute Gasteiger partial charge is 0.293 e. The Balaban J connectivity index is 0.000000960. The third-order valence-corrected chi connectivity index (χ3v) is 7.27. The van der Waals surface area contributed by atoms with Crippen LogP contribution >= 0.6 is 0 Å². The zero-order chi connectivity index (χ0) is 27.6. The minimum Gasteiger partial charge on any atom is -0.465 e. The number of hydrogen-bond donors (Lipinski definition) is 0. The summed E-state index contributed by atoms with van der Waals surface area (Å²) in [5.74, 6) is 0.679. The molecule has 0 saturated heterocycles. The van der Waals surface area contributed by atoms with E-state index in [9.17, 15) is 9.59 Å². The molecule has 0 spiro atoms. The maximum atomic E-state index is 12.6. The second-order valence-electron chi connectivity index (χ2n) is 12.8. The summed E-state index contributed by atoms with van der Waals surface area (Å²) in [6.07, 6.45) is 9.15. The molecule has 0 aromatic heterocycles. The van der Waals surface area contributed by atoms with Crippen molar-refractivity contribution in [3.8, 4) is 0 Å². The molecule has 0 N–H and O–H groups in total. The summed E-state index contributed by atoms with van der Waals surface area (Å²) in [4.78, 5) is 29.1. The number of carbonyl (C=O) groups excluding carboxylic acids is 2. The van der Waals surface area contributed by atoms with Crippen molar-refractivity contribution in [3.05, 3.63) is 35.4 Å². The number of carbonyl (C=O) groups is 2. The lowest BCUT2D eigenvalue weighted by Crippen LogP contribution is -2.51. The molecule has 1 fully saturated rings. The lowest BCUT2D eigenvalue weighted by molar-refractivity contribution is -0.132. The van der Waals surface area contributed by atoms with Crippen molar-refractivity contribution in [2.24, 2.45) is 21.7 Å². The zero-order valence-electron chi connectivity index (χ0n) is 24.6. The molecule has 1 aliphatic rings. The highest BCUT2D eigenvalue weighted by Gasteiger charge is 2.44. The molecule has 1 aromatic rings. The maximum absolute atomic E-state index is 12.6. The van der Waals surface area contributed by atoms with Crippen molar-refractivity contribution in [1.29, 1.82) is 0 Å². The van der Waals surface area contributed by atoms with Gasteiger partial charge in [0.15, 0.2) is 0 Å². The van der Waals surface area contributed by atoms with Crippen LogP contribution in [0.2, 0.25) is 0 Å². The Bertz CT molecular complexity index is 808. The van der Waals surface area contributed by atoms with Gasteiger partial charge in [-0.25, -0.2) is 0 Å². The Hall–Kier alpha value is -2.17. The van der Waals surface area contributed by atoms with Gasteiger partial charge in [-0.05, 0) is 94.7 Å². The second kappa shape index (κ2) is 13.9. The normalized spacial score (nSPS) is 21.5. The first-order valence-corrected chi connectivity index (χ1v) is 13.6. The van der Waals surface area contributed by atoms with Gasteiger partial charge in [0.25, 0.3) is 6.47 Å². The molecule has 1 unspecified atom stereocenters. The standard InChI is InChI=1S/C27H44N2O.C4H8O2/c1-9-28-27(18-14-23(15-19-27)26(6,7)8)29(20-30)24(16-17-25(3,4)5)22-12-10-21(2)11-13-22;1-4(2)6-3-5/h9-13,20,23-24H,14-19H2,1-8H3;3-4H,1-2H3/b28-9-;. The monoisotopic (exact) mass is 500 g/mol.